The molecule has 1 atom stereocenters. The fraction of sp³-hybridized carbons (Fsp3) is 0.750. The molecule has 1 rings (SSSR count). The number of likely N-dealkylation sites (tertiary alicyclic amines) is 1. The summed E-state index contributed by atoms with van der Waals surface area (Å²) in [5.41, 5.74) is -0.608. The van der Waals surface area contributed by atoms with Gasteiger partial charge in [0.2, 0.25) is 17.7 Å². The molecule has 0 aromatic carbocycles. The number of imide groups is 1. The minimum atomic E-state index is -1.03. The Labute approximate surface area is 136 Å². The molecule has 130 valence electrons. The SMILES string of the molecule is C[C@@H](C(=O)O)N(C)C(=O)CCCCCN1C(=O)CC(C)(C)C1=O. The number of carboxylic acid groups (broad SMARTS) is 1. The number of aliphatic carboxylic acids is 1. The lowest BCUT2D eigenvalue weighted by molar-refractivity contribution is -0.148. The predicted octanol–water partition coefficient (Wildman–Crippen LogP) is 1.26. The third-order valence-electron chi connectivity index (χ3n) is 4.32. The van der Waals surface area contributed by atoms with Crippen molar-refractivity contribution in [2.24, 2.45) is 5.41 Å². The summed E-state index contributed by atoms with van der Waals surface area (Å²) in [4.78, 5) is 49.0. The summed E-state index contributed by atoms with van der Waals surface area (Å²) in [7, 11) is 1.48. The lowest BCUT2D eigenvalue weighted by Gasteiger charge is -2.21. The number of unbranched alkanes of at least 4 members (excludes halogenated alkanes) is 2. The van der Waals surface area contributed by atoms with Crippen LogP contribution in [0.4, 0.5) is 0 Å². The first-order chi connectivity index (χ1) is 10.6. The third kappa shape index (κ3) is 4.77. The van der Waals surface area contributed by atoms with Crippen molar-refractivity contribution >= 4 is 23.7 Å². The van der Waals surface area contributed by atoms with Gasteiger partial charge >= 0.3 is 5.97 Å². The molecule has 23 heavy (non-hydrogen) atoms. The van der Waals surface area contributed by atoms with Gasteiger partial charge in [0.1, 0.15) is 6.04 Å². The minimum Gasteiger partial charge on any atom is -0.480 e. The number of hydrogen-bond donors (Lipinski definition) is 1. The Balaban J connectivity index is 2.28. The zero-order valence-electron chi connectivity index (χ0n) is 14.3. The molecule has 0 saturated carbocycles. The van der Waals surface area contributed by atoms with Crippen LogP contribution in [0.3, 0.4) is 0 Å². The van der Waals surface area contributed by atoms with Crippen molar-refractivity contribution in [3.63, 3.8) is 0 Å². The van der Waals surface area contributed by atoms with Crippen molar-refractivity contribution in [2.75, 3.05) is 13.6 Å². The topological polar surface area (TPSA) is 95.0 Å². The Kier molecular flexibility index (Phi) is 6.29. The van der Waals surface area contributed by atoms with Crippen molar-refractivity contribution in [1.29, 1.82) is 0 Å². The Hall–Kier alpha value is -1.92. The predicted molar refractivity (Wildman–Crippen MR) is 83.5 cm³/mol. The van der Waals surface area contributed by atoms with Gasteiger partial charge in [-0.3, -0.25) is 19.3 Å². The molecule has 1 fully saturated rings. The van der Waals surface area contributed by atoms with Gasteiger partial charge in [0, 0.05) is 26.4 Å². The molecule has 0 bridgehead atoms. The molecule has 0 aliphatic carbocycles. The Morgan fingerprint density at radius 3 is 2.35 bits per heavy atom. The highest BCUT2D eigenvalue weighted by Crippen LogP contribution is 2.31. The van der Waals surface area contributed by atoms with Crippen LogP contribution in [0.1, 0.15) is 52.9 Å². The average Bonchev–Trinajstić information content (AvgIpc) is 2.66. The van der Waals surface area contributed by atoms with E-state index in [1.807, 2.05) is 0 Å². The number of rotatable bonds is 8. The van der Waals surface area contributed by atoms with Gasteiger partial charge in [-0.2, -0.15) is 0 Å². The molecule has 1 heterocycles. The largest absolute Gasteiger partial charge is 0.480 e. The molecule has 0 aromatic heterocycles. The normalized spacial score (nSPS) is 18.2. The van der Waals surface area contributed by atoms with Gasteiger partial charge in [0.25, 0.3) is 0 Å². The lowest BCUT2D eigenvalue weighted by Crippen LogP contribution is -2.40. The number of nitrogens with zero attached hydrogens (tertiary/aromatic N) is 2. The summed E-state index contributed by atoms with van der Waals surface area (Å²) in [5.74, 6) is -1.51. The van der Waals surface area contributed by atoms with Crippen LogP contribution in [0, 0.1) is 5.41 Å². The average molecular weight is 326 g/mol. The molecule has 7 heteroatoms. The fourth-order valence-electron chi connectivity index (χ4n) is 2.53. The second-order valence-electron chi connectivity index (χ2n) is 6.74. The summed E-state index contributed by atoms with van der Waals surface area (Å²) in [6, 6.07) is -0.843. The molecule has 0 radical (unpaired) electrons. The van der Waals surface area contributed by atoms with E-state index in [1.165, 1.54) is 23.8 Å². The van der Waals surface area contributed by atoms with E-state index >= 15 is 0 Å². The lowest BCUT2D eigenvalue weighted by atomic mass is 9.92. The highest BCUT2D eigenvalue weighted by Gasteiger charge is 2.44. The van der Waals surface area contributed by atoms with Gasteiger partial charge in [0.05, 0.1) is 5.41 Å². The number of carbonyl (C=O) groups excluding carboxylic acids is 3. The first-order valence-electron chi connectivity index (χ1n) is 7.91. The van der Waals surface area contributed by atoms with Crippen LogP contribution in [-0.4, -0.2) is 58.2 Å². The van der Waals surface area contributed by atoms with Crippen LogP contribution >= 0.6 is 0 Å². The van der Waals surface area contributed by atoms with E-state index in [0.717, 1.165) is 0 Å². The van der Waals surface area contributed by atoms with E-state index in [4.69, 9.17) is 5.11 Å². The van der Waals surface area contributed by atoms with Gasteiger partial charge in [0.15, 0.2) is 0 Å². The van der Waals surface area contributed by atoms with Crippen LogP contribution < -0.4 is 0 Å². The summed E-state index contributed by atoms with van der Waals surface area (Å²) in [6.45, 7) is 5.39. The first kappa shape index (κ1) is 19.1. The summed E-state index contributed by atoms with van der Waals surface area (Å²) in [6.07, 6.45) is 2.48. The molecule has 1 saturated heterocycles. The molecule has 1 aliphatic heterocycles. The van der Waals surface area contributed by atoms with Crippen molar-refractivity contribution in [1.82, 2.24) is 9.80 Å². The van der Waals surface area contributed by atoms with Gasteiger partial charge in [-0.1, -0.05) is 20.3 Å². The Morgan fingerprint density at radius 2 is 1.87 bits per heavy atom. The highest BCUT2D eigenvalue weighted by molar-refractivity contribution is 6.05. The third-order valence-corrected chi connectivity index (χ3v) is 4.32. The number of hydrogen-bond acceptors (Lipinski definition) is 4. The van der Waals surface area contributed by atoms with E-state index in [2.05, 4.69) is 0 Å². The molecule has 3 amide bonds. The number of likely N-dealkylation sites (N-methyl/N-ethyl adjacent to an activating group) is 1. The Bertz CT molecular complexity index is 501. The maximum atomic E-state index is 12.0. The number of amides is 3. The molecule has 1 N–H and O–H groups in total. The van der Waals surface area contributed by atoms with E-state index in [0.29, 0.717) is 25.8 Å². The van der Waals surface area contributed by atoms with E-state index in [1.54, 1.807) is 13.8 Å². The van der Waals surface area contributed by atoms with Crippen molar-refractivity contribution in [3.8, 4) is 0 Å². The summed E-state index contributed by atoms with van der Waals surface area (Å²) >= 11 is 0. The summed E-state index contributed by atoms with van der Waals surface area (Å²) in [5, 5.41) is 8.86. The minimum absolute atomic E-state index is 0.131. The summed E-state index contributed by atoms with van der Waals surface area (Å²) < 4.78 is 0. The van der Waals surface area contributed by atoms with Crippen LogP contribution in [0.5, 0.6) is 0 Å². The molecule has 1 aliphatic rings. The quantitative estimate of drug-likeness (QED) is 0.535. The highest BCUT2D eigenvalue weighted by atomic mass is 16.4. The standard InChI is InChI=1S/C16H26N2O5/c1-11(14(21)22)17(4)12(19)8-6-5-7-9-18-13(20)10-16(2,3)15(18)23/h11H,5-10H2,1-4H3,(H,21,22)/t11-/m0/s1. The van der Waals surface area contributed by atoms with E-state index in [9.17, 15) is 19.2 Å². The van der Waals surface area contributed by atoms with Crippen LogP contribution in [0.15, 0.2) is 0 Å². The molecule has 7 nitrogen and oxygen atoms in total. The smallest absolute Gasteiger partial charge is 0.326 e. The molecular formula is C16H26N2O5. The maximum absolute atomic E-state index is 12.0. The fourth-order valence-corrected chi connectivity index (χ4v) is 2.53. The zero-order valence-corrected chi connectivity index (χ0v) is 14.3. The molecular weight excluding hydrogens is 300 g/mol. The van der Waals surface area contributed by atoms with E-state index < -0.39 is 17.4 Å². The monoisotopic (exact) mass is 326 g/mol. The first-order valence-corrected chi connectivity index (χ1v) is 7.91. The molecule has 0 spiro atoms. The van der Waals surface area contributed by atoms with Crippen LogP contribution in [0.2, 0.25) is 0 Å². The second-order valence-corrected chi connectivity index (χ2v) is 6.74. The van der Waals surface area contributed by atoms with Crippen LogP contribution in [-0.2, 0) is 19.2 Å². The van der Waals surface area contributed by atoms with Gasteiger partial charge in [-0.25, -0.2) is 4.79 Å². The van der Waals surface area contributed by atoms with Crippen molar-refractivity contribution < 1.29 is 24.3 Å². The Morgan fingerprint density at radius 1 is 1.26 bits per heavy atom. The van der Waals surface area contributed by atoms with Gasteiger partial charge < -0.3 is 10.0 Å². The van der Waals surface area contributed by atoms with Crippen molar-refractivity contribution in [2.45, 2.75) is 58.9 Å². The van der Waals surface area contributed by atoms with Gasteiger partial charge in [-0.05, 0) is 19.8 Å². The molecule has 0 unspecified atom stereocenters. The van der Waals surface area contributed by atoms with Crippen LogP contribution in [0.25, 0.3) is 0 Å². The second kappa shape index (κ2) is 7.57. The zero-order chi connectivity index (χ0) is 17.8. The number of carbonyl (C=O) groups is 4. The maximum Gasteiger partial charge on any atom is 0.326 e. The van der Waals surface area contributed by atoms with E-state index in [-0.39, 0.29) is 30.6 Å². The number of carboxylic acids is 1. The molecule has 0 aromatic rings. The van der Waals surface area contributed by atoms with Gasteiger partial charge in [-0.15, -0.1) is 0 Å². The van der Waals surface area contributed by atoms with Crippen molar-refractivity contribution in [3.05, 3.63) is 0 Å².